The first-order valence-corrected chi connectivity index (χ1v) is 14.1. The molecule has 5 rings (SSSR count). The van der Waals surface area contributed by atoms with E-state index in [1.165, 1.54) is 22.8 Å². The molecule has 1 amide bonds. The molecule has 0 bridgehead atoms. The van der Waals surface area contributed by atoms with E-state index in [1.807, 2.05) is 6.07 Å². The fourth-order valence-corrected chi connectivity index (χ4v) is 5.81. The van der Waals surface area contributed by atoms with Crippen LogP contribution in [0.2, 0.25) is 5.02 Å². The summed E-state index contributed by atoms with van der Waals surface area (Å²) in [7, 11) is 0. The van der Waals surface area contributed by atoms with Crippen molar-refractivity contribution in [3.05, 3.63) is 92.1 Å². The first-order chi connectivity index (χ1) is 19.7. The Bertz CT molecular complexity index is 1520. The Morgan fingerprint density at radius 2 is 1.88 bits per heavy atom. The number of aliphatic hydroxyl groups is 1. The first kappa shape index (κ1) is 29.1. The Kier molecular flexibility index (Phi) is 8.99. The Morgan fingerprint density at radius 1 is 1.07 bits per heavy atom. The molecular weight excluding hydrogens is 551 g/mol. The standard InChI is InChI=1S/C31H32ClFN2O6/c32-21-6-5-19-11-23(16-36)41-17-20-15-35(30(38)14-26(20)25(19)12-21)28(13-22-3-1-2-8-40-22)29(37)10-18-4-7-24(31(34)39)27(33)9-18/h4-7,9,12,14-15,22-23,28,36H,1-3,8,10-11,13,16-17H2,(H2,34,39)/t22-,23-,28-/m0/s1. The van der Waals surface area contributed by atoms with Crippen LogP contribution < -0.4 is 11.3 Å². The maximum absolute atomic E-state index is 14.5. The lowest BCUT2D eigenvalue weighted by atomic mass is 9.91. The van der Waals surface area contributed by atoms with E-state index < -0.39 is 23.9 Å². The van der Waals surface area contributed by atoms with Gasteiger partial charge in [0.05, 0.1) is 37.0 Å². The number of nitrogens with zero attached hydrogens (tertiary/aromatic N) is 1. The van der Waals surface area contributed by atoms with Gasteiger partial charge in [0.2, 0.25) is 0 Å². The van der Waals surface area contributed by atoms with E-state index in [0.717, 1.165) is 36.5 Å². The van der Waals surface area contributed by atoms with Gasteiger partial charge in [-0.1, -0.05) is 23.7 Å². The van der Waals surface area contributed by atoms with Gasteiger partial charge in [0.25, 0.3) is 11.5 Å². The van der Waals surface area contributed by atoms with Crippen molar-refractivity contribution in [3.8, 4) is 11.1 Å². The highest BCUT2D eigenvalue weighted by Gasteiger charge is 2.29. The van der Waals surface area contributed by atoms with Crippen LogP contribution in [0.1, 0.15) is 58.8 Å². The summed E-state index contributed by atoms with van der Waals surface area (Å²) in [6, 6.07) is 9.90. The van der Waals surface area contributed by atoms with E-state index in [1.54, 1.807) is 18.3 Å². The molecule has 216 valence electrons. The Labute approximate surface area is 241 Å². The van der Waals surface area contributed by atoms with Crippen LogP contribution in [0.15, 0.2) is 53.5 Å². The number of carbonyl (C=O) groups excluding carboxylic acids is 2. The number of ketones is 1. The average molecular weight is 583 g/mol. The molecule has 1 fully saturated rings. The summed E-state index contributed by atoms with van der Waals surface area (Å²) in [5, 5.41) is 10.4. The first-order valence-electron chi connectivity index (χ1n) is 13.7. The number of ether oxygens (including phenoxy) is 2. The maximum Gasteiger partial charge on any atom is 0.251 e. The summed E-state index contributed by atoms with van der Waals surface area (Å²) in [6.07, 6.45) is 4.22. The second-order valence-electron chi connectivity index (χ2n) is 10.6. The molecule has 3 aromatic rings. The van der Waals surface area contributed by atoms with Crippen LogP contribution in [0.25, 0.3) is 11.1 Å². The summed E-state index contributed by atoms with van der Waals surface area (Å²) in [6.45, 7) is 0.522. The zero-order valence-electron chi connectivity index (χ0n) is 22.5. The fourth-order valence-electron chi connectivity index (χ4n) is 5.64. The van der Waals surface area contributed by atoms with Gasteiger partial charge in [0.15, 0.2) is 5.78 Å². The van der Waals surface area contributed by atoms with Gasteiger partial charge in [0, 0.05) is 48.7 Å². The molecule has 1 saturated heterocycles. The second-order valence-corrected chi connectivity index (χ2v) is 11.1. The minimum Gasteiger partial charge on any atom is -0.394 e. The molecule has 41 heavy (non-hydrogen) atoms. The van der Waals surface area contributed by atoms with Gasteiger partial charge >= 0.3 is 0 Å². The van der Waals surface area contributed by atoms with Gasteiger partial charge in [0.1, 0.15) is 5.82 Å². The van der Waals surface area contributed by atoms with Crippen molar-refractivity contribution in [2.24, 2.45) is 5.73 Å². The average Bonchev–Trinajstić information content (AvgIpc) is 2.94. The summed E-state index contributed by atoms with van der Waals surface area (Å²) >= 11 is 6.32. The van der Waals surface area contributed by atoms with Crippen molar-refractivity contribution in [2.75, 3.05) is 13.2 Å². The maximum atomic E-state index is 14.5. The molecule has 3 atom stereocenters. The lowest BCUT2D eigenvalue weighted by molar-refractivity contribution is -0.123. The quantitative estimate of drug-likeness (QED) is 0.412. The number of rotatable bonds is 8. The number of aromatic nitrogens is 1. The molecule has 0 radical (unpaired) electrons. The molecule has 0 aliphatic carbocycles. The fraction of sp³-hybridized carbons (Fsp3) is 0.387. The van der Waals surface area contributed by atoms with Gasteiger partial charge < -0.3 is 24.9 Å². The number of aliphatic hydroxyl groups excluding tert-OH is 1. The van der Waals surface area contributed by atoms with Crippen LogP contribution in [0.5, 0.6) is 0 Å². The molecule has 8 nitrogen and oxygen atoms in total. The number of halogens is 2. The number of pyridine rings is 1. The molecule has 2 aliphatic rings. The minimum absolute atomic E-state index is 0.118. The number of nitrogens with two attached hydrogens (primary N) is 1. The monoisotopic (exact) mass is 582 g/mol. The number of benzene rings is 2. The van der Waals surface area contributed by atoms with Gasteiger partial charge in [-0.2, -0.15) is 0 Å². The Morgan fingerprint density at radius 3 is 2.59 bits per heavy atom. The molecule has 0 spiro atoms. The predicted octanol–water partition coefficient (Wildman–Crippen LogP) is 4.15. The van der Waals surface area contributed by atoms with Gasteiger partial charge in [-0.3, -0.25) is 14.4 Å². The van der Waals surface area contributed by atoms with Crippen LogP contribution in [0.4, 0.5) is 4.39 Å². The normalized spacial score (nSPS) is 19.4. The topological polar surface area (TPSA) is 121 Å². The predicted molar refractivity (Wildman–Crippen MR) is 151 cm³/mol. The number of carbonyl (C=O) groups is 2. The molecule has 2 aromatic carbocycles. The van der Waals surface area contributed by atoms with Gasteiger partial charge in [-0.05, 0) is 65.8 Å². The molecule has 10 heteroatoms. The summed E-state index contributed by atoms with van der Waals surface area (Å²) in [5.41, 5.74) is 7.94. The third-order valence-corrected chi connectivity index (χ3v) is 8.03. The Balaban J connectivity index is 1.54. The third kappa shape index (κ3) is 6.59. The molecule has 0 unspecified atom stereocenters. The second kappa shape index (κ2) is 12.7. The molecule has 3 heterocycles. The highest BCUT2D eigenvalue weighted by Crippen LogP contribution is 2.34. The van der Waals surface area contributed by atoms with Crippen molar-refractivity contribution in [1.29, 1.82) is 0 Å². The van der Waals surface area contributed by atoms with E-state index in [-0.39, 0.29) is 49.1 Å². The molecule has 3 N–H and O–H groups in total. The minimum atomic E-state index is -0.895. The third-order valence-electron chi connectivity index (χ3n) is 7.80. The van der Waals surface area contributed by atoms with Crippen molar-refractivity contribution < 1.29 is 28.6 Å². The smallest absolute Gasteiger partial charge is 0.251 e. The van der Waals surface area contributed by atoms with Crippen LogP contribution in [-0.4, -0.2) is 46.8 Å². The lowest BCUT2D eigenvalue weighted by Gasteiger charge is -2.29. The lowest BCUT2D eigenvalue weighted by Crippen LogP contribution is -2.35. The van der Waals surface area contributed by atoms with E-state index >= 15 is 0 Å². The highest BCUT2D eigenvalue weighted by molar-refractivity contribution is 6.30. The summed E-state index contributed by atoms with van der Waals surface area (Å²) < 4.78 is 27.8. The number of hydrogen-bond donors (Lipinski definition) is 2. The number of fused-ring (bicyclic) bond motifs is 3. The zero-order valence-corrected chi connectivity index (χ0v) is 23.2. The number of hydrogen-bond acceptors (Lipinski definition) is 6. The molecule has 0 saturated carbocycles. The number of primary amides is 1. The van der Waals surface area contributed by atoms with E-state index in [0.29, 0.717) is 34.7 Å². The van der Waals surface area contributed by atoms with Crippen LogP contribution >= 0.6 is 11.6 Å². The van der Waals surface area contributed by atoms with Crippen LogP contribution in [0.3, 0.4) is 0 Å². The highest BCUT2D eigenvalue weighted by atomic mass is 35.5. The van der Waals surface area contributed by atoms with Crippen molar-refractivity contribution in [3.63, 3.8) is 0 Å². The molecule has 1 aromatic heterocycles. The van der Waals surface area contributed by atoms with Crippen molar-refractivity contribution >= 4 is 23.3 Å². The molecule has 2 aliphatic heterocycles. The van der Waals surface area contributed by atoms with E-state index in [4.69, 9.17) is 26.8 Å². The van der Waals surface area contributed by atoms with Gasteiger partial charge in [-0.15, -0.1) is 0 Å². The summed E-state index contributed by atoms with van der Waals surface area (Å²) in [5.74, 6) is -1.99. The number of amides is 1. The zero-order chi connectivity index (χ0) is 29.1. The Hall–Kier alpha value is -3.37. The van der Waals surface area contributed by atoms with Crippen molar-refractivity contribution in [1.82, 2.24) is 4.57 Å². The van der Waals surface area contributed by atoms with Crippen LogP contribution in [0, 0.1) is 5.82 Å². The number of Topliss-reactive ketones (excluding diaryl/α,β-unsaturated/α-hetero) is 1. The molecular formula is C31H32ClFN2O6. The van der Waals surface area contributed by atoms with E-state index in [9.17, 15) is 23.9 Å². The largest absolute Gasteiger partial charge is 0.394 e. The van der Waals surface area contributed by atoms with Gasteiger partial charge in [-0.25, -0.2) is 4.39 Å². The summed E-state index contributed by atoms with van der Waals surface area (Å²) in [4.78, 5) is 38.9. The SMILES string of the molecule is NC(=O)c1ccc(CC(=O)[C@H](C[C@@H]2CCCCO2)n2cc3c(cc2=O)-c2cc(Cl)ccc2C[C@@H](CO)OC3)cc1F. The van der Waals surface area contributed by atoms with E-state index in [2.05, 4.69) is 0 Å². The van der Waals surface area contributed by atoms with Crippen LogP contribution in [-0.2, 0) is 33.7 Å². The van der Waals surface area contributed by atoms with Crippen molar-refractivity contribution in [2.45, 2.75) is 63.4 Å².